The van der Waals surface area contributed by atoms with Crippen LogP contribution in [0.15, 0.2) is 18.3 Å². The summed E-state index contributed by atoms with van der Waals surface area (Å²) < 4.78 is 0. The number of anilines is 1. The Bertz CT molecular complexity index is 348. The van der Waals surface area contributed by atoms with E-state index in [4.69, 9.17) is 0 Å². The fourth-order valence-corrected chi connectivity index (χ4v) is 1.63. The van der Waals surface area contributed by atoms with Crippen molar-refractivity contribution in [2.24, 2.45) is 0 Å². The SMILES string of the molecule is CCCC(C)NC(=O)c1ccc(NCC)nc1. The van der Waals surface area contributed by atoms with E-state index >= 15 is 0 Å². The molecule has 0 saturated carbocycles. The highest BCUT2D eigenvalue weighted by Gasteiger charge is 2.09. The third-order valence-electron chi connectivity index (χ3n) is 2.48. The van der Waals surface area contributed by atoms with E-state index < -0.39 is 0 Å². The van der Waals surface area contributed by atoms with E-state index in [2.05, 4.69) is 22.5 Å². The molecule has 1 rings (SSSR count). The summed E-state index contributed by atoms with van der Waals surface area (Å²) in [6, 6.07) is 3.82. The first-order valence-corrected chi connectivity index (χ1v) is 6.18. The number of pyridine rings is 1. The lowest BCUT2D eigenvalue weighted by Crippen LogP contribution is -2.32. The molecule has 1 unspecified atom stereocenters. The number of nitrogens with zero attached hydrogens (tertiary/aromatic N) is 1. The van der Waals surface area contributed by atoms with Crippen LogP contribution < -0.4 is 10.6 Å². The number of carbonyl (C=O) groups is 1. The lowest BCUT2D eigenvalue weighted by molar-refractivity contribution is 0.0938. The number of amides is 1. The van der Waals surface area contributed by atoms with Gasteiger partial charge in [-0.15, -0.1) is 0 Å². The van der Waals surface area contributed by atoms with Gasteiger partial charge in [-0.05, 0) is 32.4 Å². The van der Waals surface area contributed by atoms with E-state index in [9.17, 15) is 4.79 Å². The Hall–Kier alpha value is -1.58. The maximum atomic E-state index is 11.8. The summed E-state index contributed by atoms with van der Waals surface area (Å²) >= 11 is 0. The highest BCUT2D eigenvalue weighted by atomic mass is 16.1. The zero-order valence-electron chi connectivity index (χ0n) is 10.8. The quantitative estimate of drug-likeness (QED) is 0.796. The molecule has 1 aromatic rings. The summed E-state index contributed by atoms with van der Waals surface area (Å²) in [6.07, 6.45) is 3.67. The molecule has 4 heteroatoms. The molecule has 0 saturated heterocycles. The average molecular weight is 235 g/mol. The summed E-state index contributed by atoms with van der Waals surface area (Å²) in [7, 11) is 0. The Balaban J connectivity index is 2.57. The Morgan fingerprint density at radius 2 is 2.18 bits per heavy atom. The van der Waals surface area contributed by atoms with Crippen molar-refractivity contribution in [3.8, 4) is 0 Å². The summed E-state index contributed by atoms with van der Waals surface area (Å²) in [5.41, 5.74) is 0.606. The van der Waals surface area contributed by atoms with E-state index in [1.165, 1.54) is 0 Å². The predicted molar refractivity (Wildman–Crippen MR) is 70.2 cm³/mol. The molecule has 17 heavy (non-hydrogen) atoms. The van der Waals surface area contributed by atoms with Gasteiger partial charge >= 0.3 is 0 Å². The fourth-order valence-electron chi connectivity index (χ4n) is 1.63. The van der Waals surface area contributed by atoms with Crippen LogP contribution in [0.3, 0.4) is 0 Å². The van der Waals surface area contributed by atoms with Crippen molar-refractivity contribution in [3.63, 3.8) is 0 Å². The van der Waals surface area contributed by atoms with Crippen molar-refractivity contribution in [2.75, 3.05) is 11.9 Å². The summed E-state index contributed by atoms with van der Waals surface area (Å²) in [4.78, 5) is 16.0. The maximum Gasteiger partial charge on any atom is 0.253 e. The first-order chi connectivity index (χ1) is 8.17. The normalized spacial score (nSPS) is 11.9. The molecule has 1 atom stereocenters. The first-order valence-electron chi connectivity index (χ1n) is 6.18. The largest absolute Gasteiger partial charge is 0.370 e. The van der Waals surface area contributed by atoms with Crippen molar-refractivity contribution in [1.82, 2.24) is 10.3 Å². The molecule has 0 radical (unpaired) electrons. The van der Waals surface area contributed by atoms with E-state index in [-0.39, 0.29) is 11.9 Å². The molecule has 0 spiro atoms. The van der Waals surface area contributed by atoms with Crippen LogP contribution in [0.25, 0.3) is 0 Å². The highest BCUT2D eigenvalue weighted by Crippen LogP contribution is 2.05. The lowest BCUT2D eigenvalue weighted by atomic mass is 10.2. The summed E-state index contributed by atoms with van der Waals surface area (Å²) in [6.45, 7) is 6.96. The Labute approximate surface area is 103 Å². The molecular formula is C13H21N3O. The molecule has 0 aliphatic rings. The number of hydrogen-bond donors (Lipinski definition) is 2. The molecule has 94 valence electrons. The van der Waals surface area contributed by atoms with Gasteiger partial charge in [0.2, 0.25) is 0 Å². The van der Waals surface area contributed by atoms with Gasteiger partial charge in [0.1, 0.15) is 5.82 Å². The number of nitrogens with one attached hydrogen (secondary N) is 2. The molecule has 0 aromatic carbocycles. The molecular weight excluding hydrogens is 214 g/mol. The van der Waals surface area contributed by atoms with Crippen LogP contribution in [0.4, 0.5) is 5.82 Å². The van der Waals surface area contributed by atoms with Gasteiger partial charge in [-0.3, -0.25) is 4.79 Å². The Morgan fingerprint density at radius 3 is 2.71 bits per heavy atom. The predicted octanol–water partition coefficient (Wildman–Crippen LogP) is 2.43. The molecule has 1 aromatic heterocycles. The van der Waals surface area contributed by atoms with E-state index in [1.807, 2.05) is 19.9 Å². The van der Waals surface area contributed by atoms with Crippen molar-refractivity contribution < 1.29 is 4.79 Å². The smallest absolute Gasteiger partial charge is 0.253 e. The number of rotatable bonds is 6. The van der Waals surface area contributed by atoms with Gasteiger partial charge in [-0.2, -0.15) is 0 Å². The second kappa shape index (κ2) is 6.89. The standard InChI is InChI=1S/C13H21N3O/c1-4-6-10(3)16-13(17)11-7-8-12(14-5-2)15-9-11/h7-10H,4-6H2,1-3H3,(H,14,15)(H,16,17). The number of hydrogen-bond acceptors (Lipinski definition) is 3. The summed E-state index contributed by atoms with van der Waals surface area (Å²) in [5.74, 6) is 0.743. The topological polar surface area (TPSA) is 54.0 Å². The minimum atomic E-state index is -0.0542. The van der Waals surface area contributed by atoms with Gasteiger partial charge in [0, 0.05) is 18.8 Å². The second-order valence-electron chi connectivity index (χ2n) is 4.13. The van der Waals surface area contributed by atoms with Crippen molar-refractivity contribution in [1.29, 1.82) is 0 Å². The van der Waals surface area contributed by atoms with Gasteiger partial charge in [-0.1, -0.05) is 13.3 Å². The lowest BCUT2D eigenvalue weighted by Gasteiger charge is -2.12. The van der Waals surface area contributed by atoms with Crippen LogP contribution in [0, 0.1) is 0 Å². The zero-order valence-corrected chi connectivity index (χ0v) is 10.8. The van der Waals surface area contributed by atoms with Crippen LogP contribution >= 0.6 is 0 Å². The molecule has 4 nitrogen and oxygen atoms in total. The number of aromatic nitrogens is 1. The minimum Gasteiger partial charge on any atom is -0.370 e. The van der Waals surface area contributed by atoms with Gasteiger partial charge in [0.15, 0.2) is 0 Å². The van der Waals surface area contributed by atoms with Crippen LogP contribution in [0.5, 0.6) is 0 Å². The molecule has 0 bridgehead atoms. The molecule has 0 fully saturated rings. The molecule has 0 aliphatic heterocycles. The monoisotopic (exact) mass is 235 g/mol. The Morgan fingerprint density at radius 1 is 1.41 bits per heavy atom. The van der Waals surface area contributed by atoms with Gasteiger partial charge < -0.3 is 10.6 Å². The highest BCUT2D eigenvalue weighted by molar-refractivity contribution is 5.94. The minimum absolute atomic E-state index is 0.0542. The molecule has 0 aliphatic carbocycles. The molecule has 1 heterocycles. The van der Waals surface area contributed by atoms with Gasteiger partial charge in [0.05, 0.1) is 5.56 Å². The van der Waals surface area contributed by atoms with Crippen molar-refractivity contribution in [2.45, 2.75) is 39.7 Å². The summed E-state index contributed by atoms with van der Waals surface area (Å²) in [5, 5.41) is 6.04. The van der Waals surface area contributed by atoms with Crippen LogP contribution in [-0.4, -0.2) is 23.5 Å². The van der Waals surface area contributed by atoms with Gasteiger partial charge in [0.25, 0.3) is 5.91 Å². The van der Waals surface area contributed by atoms with Crippen LogP contribution in [-0.2, 0) is 0 Å². The molecule has 2 N–H and O–H groups in total. The third kappa shape index (κ3) is 4.43. The zero-order chi connectivity index (χ0) is 12.7. The van der Waals surface area contributed by atoms with E-state index in [0.717, 1.165) is 25.2 Å². The van der Waals surface area contributed by atoms with E-state index in [1.54, 1.807) is 12.3 Å². The first kappa shape index (κ1) is 13.5. The van der Waals surface area contributed by atoms with Crippen LogP contribution in [0.2, 0.25) is 0 Å². The van der Waals surface area contributed by atoms with Crippen LogP contribution in [0.1, 0.15) is 44.0 Å². The maximum absolute atomic E-state index is 11.8. The number of carbonyl (C=O) groups excluding carboxylic acids is 1. The second-order valence-corrected chi connectivity index (χ2v) is 4.13. The molecule has 1 amide bonds. The average Bonchev–Trinajstić information content (AvgIpc) is 2.30. The van der Waals surface area contributed by atoms with Crippen molar-refractivity contribution >= 4 is 11.7 Å². The third-order valence-corrected chi connectivity index (χ3v) is 2.48. The van der Waals surface area contributed by atoms with E-state index in [0.29, 0.717) is 5.56 Å². The fraction of sp³-hybridized carbons (Fsp3) is 0.538. The van der Waals surface area contributed by atoms with Gasteiger partial charge in [-0.25, -0.2) is 4.98 Å². The Kier molecular flexibility index (Phi) is 5.46. The van der Waals surface area contributed by atoms with Crippen molar-refractivity contribution in [3.05, 3.63) is 23.9 Å².